The first-order valence-electron chi connectivity index (χ1n) is 6.96. The lowest BCUT2D eigenvalue weighted by atomic mass is 9.82. The molecule has 4 nitrogen and oxygen atoms in total. The number of esters is 1. The highest BCUT2D eigenvalue weighted by molar-refractivity contribution is 5.73. The standard InChI is InChI=1S/C16H24O4/c1-5-14(15(17)20-6-2)16(3,18)11-12-7-9-13(19-4)10-8-12/h7-10,14,18H,5-6,11H2,1-4H3. The van der Waals surface area contributed by atoms with E-state index in [4.69, 9.17) is 9.47 Å². The van der Waals surface area contributed by atoms with Crippen LogP contribution in [0.3, 0.4) is 0 Å². The molecule has 20 heavy (non-hydrogen) atoms. The lowest BCUT2D eigenvalue weighted by Gasteiger charge is -2.30. The molecule has 4 heteroatoms. The summed E-state index contributed by atoms with van der Waals surface area (Å²) >= 11 is 0. The second kappa shape index (κ2) is 7.29. The fourth-order valence-electron chi connectivity index (χ4n) is 2.38. The summed E-state index contributed by atoms with van der Waals surface area (Å²) in [6.45, 7) is 5.66. The van der Waals surface area contributed by atoms with E-state index in [9.17, 15) is 9.90 Å². The molecule has 1 aromatic carbocycles. The van der Waals surface area contributed by atoms with Crippen LogP contribution in [0.5, 0.6) is 5.75 Å². The minimum absolute atomic E-state index is 0.327. The lowest BCUT2D eigenvalue weighted by Crippen LogP contribution is -2.42. The molecule has 2 atom stereocenters. The van der Waals surface area contributed by atoms with Crippen molar-refractivity contribution >= 4 is 5.97 Å². The monoisotopic (exact) mass is 280 g/mol. The van der Waals surface area contributed by atoms with E-state index in [-0.39, 0.29) is 5.97 Å². The fourth-order valence-corrected chi connectivity index (χ4v) is 2.38. The summed E-state index contributed by atoms with van der Waals surface area (Å²) in [7, 11) is 1.61. The normalized spacial score (nSPS) is 15.2. The molecule has 112 valence electrons. The van der Waals surface area contributed by atoms with Crippen molar-refractivity contribution in [2.45, 2.75) is 39.2 Å². The zero-order valence-electron chi connectivity index (χ0n) is 12.7. The van der Waals surface area contributed by atoms with Gasteiger partial charge < -0.3 is 14.6 Å². The van der Waals surface area contributed by atoms with Gasteiger partial charge in [-0.15, -0.1) is 0 Å². The van der Waals surface area contributed by atoms with Gasteiger partial charge in [-0.2, -0.15) is 0 Å². The zero-order valence-corrected chi connectivity index (χ0v) is 12.7. The number of methoxy groups -OCH3 is 1. The molecule has 0 aromatic heterocycles. The van der Waals surface area contributed by atoms with Crippen LogP contribution in [-0.2, 0) is 16.0 Å². The summed E-state index contributed by atoms with van der Waals surface area (Å²) in [6.07, 6.45) is 0.941. The Labute approximate surface area is 120 Å². The Kier molecular flexibility index (Phi) is 6.02. The number of hydrogen-bond donors (Lipinski definition) is 1. The first kappa shape index (κ1) is 16.5. The summed E-state index contributed by atoms with van der Waals surface area (Å²) in [5, 5.41) is 10.6. The number of aliphatic hydroxyl groups is 1. The molecule has 0 aliphatic heterocycles. The van der Waals surface area contributed by atoms with E-state index in [2.05, 4.69) is 0 Å². The Bertz CT molecular complexity index is 423. The van der Waals surface area contributed by atoms with Crippen LogP contribution in [-0.4, -0.2) is 30.4 Å². The summed E-state index contributed by atoms with van der Waals surface area (Å²) in [5.41, 5.74) is -0.172. The molecule has 0 fully saturated rings. The minimum atomic E-state index is -1.13. The Balaban J connectivity index is 2.82. The quantitative estimate of drug-likeness (QED) is 0.780. The summed E-state index contributed by atoms with van der Waals surface area (Å²) in [4.78, 5) is 11.9. The molecule has 2 unspecified atom stereocenters. The Morgan fingerprint density at radius 1 is 1.30 bits per heavy atom. The molecular weight excluding hydrogens is 256 g/mol. The van der Waals surface area contributed by atoms with E-state index in [1.54, 1.807) is 21.0 Å². The molecule has 1 aromatic rings. The largest absolute Gasteiger partial charge is 0.497 e. The van der Waals surface area contributed by atoms with Crippen LogP contribution < -0.4 is 4.74 Å². The third-order valence-electron chi connectivity index (χ3n) is 3.45. The summed E-state index contributed by atoms with van der Waals surface area (Å²) < 4.78 is 10.1. The molecule has 0 bridgehead atoms. The Morgan fingerprint density at radius 2 is 1.90 bits per heavy atom. The molecule has 0 spiro atoms. The van der Waals surface area contributed by atoms with Crippen LogP contribution in [0.1, 0.15) is 32.8 Å². The van der Waals surface area contributed by atoms with E-state index < -0.39 is 11.5 Å². The molecule has 1 rings (SSSR count). The fraction of sp³-hybridized carbons (Fsp3) is 0.562. The number of hydrogen-bond acceptors (Lipinski definition) is 4. The highest BCUT2D eigenvalue weighted by atomic mass is 16.5. The van der Waals surface area contributed by atoms with Crippen molar-refractivity contribution in [3.05, 3.63) is 29.8 Å². The van der Waals surface area contributed by atoms with Gasteiger partial charge in [0.15, 0.2) is 0 Å². The average Bonchev–Trinajstić information content (AvgIpc) is 2.39. The highest BCUT2D eigenvalue weighted by Gasteiger charge is 2.37. The molecule has 0 amide bonds. The van der Waals surface area contributed by atoms with Gasteiger partial charge >= 0.3 is 5.97 Å². The van der Waals surface area contributed by atoms with Crippen LogP contribution in [0.4, 0.5) is 0 Å². The van der Waals surface area contributed by atoms with Crippen LogP contribution in [0.2, 0.25) is 0 Å². The Hall–Kier alpha value is -1.55. The van der Waals surface area contributed by atoms with E-state index in [1.807, 2.05) is 31.2 Å². The molecule has 0 heterocycles. The third kappa shape index (κ3) is 4.23. The number of carbonyl (C=O) groups excluding carboxylic acids is 1. The highest BCUT2D eigenvalue weighted by Crippen LogP contribution is 2.27. The van der Waals surface area contributed by atoms with Crippen molar-refractivity contribution in [2.75, 3.05) is 13.7 Å². The van der Waals surface area contributed by atoms with Gasteiger partial charge in [-0.05, 0) is 38.0 Å². The van der Waals surface area contributed by atoms with Gasteiger partial charge in [0.1, 0.15) is 5.75 Å². The molecule has 0 aliphatic rings. The topological polar surface area (TPSA) is 55.8 Å². The predicted octanol–water partition coefficient (Wildman–Crippen LogP) is 2.58. The van der Waals surface area contributed by atoms with Gasteiger partial charge in [0.2, 0.25) is 0 Å². The van der Waals surface area contributed by atoms with Gasteiger partial charge in [-0.25, -0.2) is 0 Å². The SMILES string of the molecule is CCOC(=O)C(CC)C(C)(O)Cc1ccc(OC)cc1. The van der Waals surface area contributed by atoms with E-state index in [1.165, 1.54) is 0 Å². The maximum atomic E-state index is 11.9. The summed E-state index contributed by atoms with van der Waals surface area (Å²) in [6, 6.07) is 7.48. The number of carbonyl (C=O) groups is 1. The molecule has 0 saturated carbocycles. The van der Waals surface area contributed by atoms with Crippen LogP contribution in [0.15, 0.2) is 24.3 Å². The van der Waals surface area contributed by atoms with Crippen molar-refractivity contribution in [3.63, 3.8) is 0 Å². The van der Waals surface area contributed by atoms with Gasteiger partial charge in [0.25, 0.3) is 0 Å². The molecule has 1 N–H and O–H groups in total. The van der Waals surface area contributed by atoms with Crippen molar-refractivity contribution in [1.82, 2.24) is 0 Å². The first-order valence-corrected chi connectivity index (χ1v) is 6.96. The second-order valence-electron chi connectivity index (χ2n) is 5.09. The van der Waals surface area contributed by atoms with Gasteiger partial charge in [0.05, 0.1) is 25.2 Å². The van der Waals surface area contributed by atoms with Gasteiger partial charge in [-0.3, -0.25) is 4.79 Å². The van der Waals surface area contributed by atoms with E-state index >= 15 is 0 Å². The number of benzene rings is 1. The van der Waals surface area contributed by atoms with Gasteiger partial charge in [0, 0.05) is 6.42 Å². The van der Waals surface area contributed by atoms with Crippen molar-refractivity contribution in [3.8, 4) is 5.75 Å². The van der Waals surface area contributed by atoms with Crippen LogP contribution in [0, 0.1) is 5.92 Å². The molecule has 0 aliphatic carbocycles. The van der Waals surface area contributed by atoms with E-state index in [0.29, 0.717) is 19.4 Å². The lowest BCUT2D eigenvalue weighted by molar-refractivity contribution is -0.157. The number of rotatable bonds is 7. The molecule has 0 saturated heterocycles. The minimum Gasteiger partial charge on any atom is -0.497 e. The van der Waals surface area contributed by atoms with Crippen molar-refractivity contribution in [2.24, 2.45) is 5.92 Å². The number of ether oxygens (including phenoxy) is 2. The zero-order chi connectivity index (χ0) is 15.2. The summed E-state index contributed by atoms with van der Waals surface area (Å²) in [5.74, 6) is -0.0936. The maximum absolute atomic E-state index is 11.9. The van der Waals surface area contributed by atoms with Crippen LogP contribution in [0.25, 0.3) is 0 Å². The third-order valence-corrected chi connectivity index (χ3v) is 3.45. The van der Waals surface area contributed by atoms with Gasteiger partial charge in [-0.1, -0.05) is 19.1 Å². The van der Waals surface area contributed by atoms with Crippen molar-refractivity contribution < 1.29 is 19.4 Å². The Morgan fingerprint density at radius 3 is 2.35 bits per heavy atom. The maximum Gasteiger partial charge on any atom is 0.311 e. The van der Waals surface area contributed by atoms with Crippen LogP contribution >= 0.6 is 0 Å². The van der Waals surface area contributed by atoms with E-state index in [0.717, 1.165) is 11.3 Å². The predicted molar refractivity (Wildman–Crippen MR) is 77.7 cm³/mol. The van der Waals surface area contributed by atoms with Crippen molar-refractivity contribution in [1.29, 1.82) is 0 Å². The average molecular weight is 280 g/mol. The smallest absolute Gasteiger partial charge is 0.311 e. The second-order valence-corrected chi connectivity index (χ2v) is 5.09. The first-order chi connectivity index (χ1) is 9.44. The molecule has 0 radical (unpaired) electrons. The molecular formula is C16H24O4.